The van der Waals surface area contributed by atoms with Gasteiger partial charge in [0.05, 0.1) is 29.8 Å². The van der Waals surface area contributed by atoms with Crippen LogP contribution in [0.2, 0.25) is 0 Å². The van der Waals surface area contributed by atoms with Gasteiger partial charge in [-0.25, -0.2) is 0 Å². The van der Waals surface area contributed by atoms with E-state index in [1.54, 1.807) is 43.0 Å². The van der Waals surface area contributed by atoms with Gasteiger partial charge in [0.1, 0.15) is 17.6 Å². The molecular formula is C40H55F3N4O3. The summed E-state index contributed by atoms with van der Waals surface area (Å²) in [5, 5.41) is 20.2. The summed E-state index contributed by atoms with van der Waals surface area (Å²) >= 11 is 0. The number of unbranched alkanes of at least 4 members (excludes halogenated alkanes) is 1. The van der Waals surface area contributed by atoms with Gasteiger partial charge in [-0.05, 0) is 75.6 Å². The van der Waals surface area contributed by atoms with E-state index >= 15 is 0 Å². The smallest absolute Gasteiger partial charge is 0.417 e. The molecule has 1 aliphatic rings. The minimum absolute atomic E-state index is 0.286. The molecule has 0 aliphatic carbocycles. The highest BCUT2D eigenvalue weighted by atomic mass is 19.4. The zero-order valence-corrected chi connectivity index (χ0v) is 31.2. The molecule has 1 saturated heterocycles. The number of anilines is 1. The number of ether oxygens (including phenoxy) is 2. The van der Waals surface area contributed by atoms with Crippen molar-refractivity contribution in [2.24, 2.45) is 0 Å². The van der Waals surface area contributed by atoms with Gasteiger partial charge in [0.2, 0.25) is 0 Å². The Morgan fingerprint density at radius 2 is 1.68 bits per heavy atom. The van der Waals surface area contributed by atoms with Gasteiger partial charge in [0.15, 0.2) is 0 Å². The van der Waals surface area contributed by atoms with Gasteiger partial charge in [-0.3, -0.25) is 4.79 Å². The van der Waals surface area contributed by atoms with E-state index in [1.807, 2.05) is 34.6 Å². The molecule has 0 bridgehead atoms. The summed E-state index contributed by atoms with van der Waals surface area (Å²) in [7, 11) is 0. The summed E-state index contributed by atoms with van der Waals surface area (Å²) in [6, 6.07) is 10.1. The first-order chi connectivity index (χ1) is 23.7. The first-order valence-corrected chi connectivity index (χ1v) is 17.5. The predicted octanol–water partition coefficient (Wildman–Crippen LogP) is 11.0. The molecule has 0 saturated carbocycles. The van der Waals surface area contributed by atoms with Gasteiger partial charge < -0.3 is 25.1 Å². The van der Waals surface area contributed by atoms with Gasteiger partial charge in [-0.1, -0.05) is 74.0 Å². The number of hydrogen-bond acceptors (Lipinski definition) is 6. The summed E-state index contributed by atoms with van der Waals surface area (Å²) in [5.41, 5.74) is 1.68. The number of halogens is 3. The third-order valence-corrected chi connectivity index (χ3v) is 8.15. The minimum atomic E-state index is -4.68. The number of hydrogen-bond donors (Lipinski definition) is 2. The maximum atomic E-state index is 13.7. The molecule has 2 aromatic carbocycles. The Bertz CT molecular complexity index is 1550. The minimum Gasteiger partial charge on any atom is -0.493 e. The molecule has 2 atom stereocenters. The Hall–Kier alpha value is -4.52. The third kappa shape index (κ3) is 11.5. The molecular weight excluding hydrogens is 641 g/mol. The standard InChI is InChI=1S/C34H39F3N4O3.C4H10.C2H6/c1-8-11-29(39)21(5)22(6)33(42)40-23(7)27-18-26(14-15-31(27)43-10-3)44-32-16-20(4)41(30(32)9-2)25-13-12-24(19-38)28(17-25)34(35,36)37;1-3-4-2;1-2/h12-15,17-18,30,32,39H,4,7-11,16H2,1-3,5-6H3,(H,40,42);3-4H2,1-2H3;1-2H3/b22-21+,39-29?;;. The quantitative estimate of drug-likeness (QED) is 0.160. The van der Waals surface area contributed by atoms with E-state index in [0.717, 1.165) is 12.5 Å². The van der Waals surface area contributed by atoms with E-state index in [4.69, 9.17) is 14.9 Å². The molecule has 2 aromatic rings. The number of rotatable bonds is 13. The second kappa shape index (κ2) is 20.9. The van der Waals surface area contributed by atoms with Crippen LogP contribution < -0.4 is 19.7 Å². The number of carbonyl (C=O) groups is 1. The maximum absolute atomic E-state index is 13.7. The average molecular weight is 697 g/mol. The van der Waals surface area contributed by atoms with Crippen LogP contribution in [0.4, 0.5) is 18.9 Å². The molecule has 50 heavy (non-hydrogen) atoms. The van der Waals surface area contributed by atoms with Crippen molar-refractivity contribution < 1.29 is 27.4 Å². The van der Waals surface area contributed by atoms with E-state index in [-0.39, 0.29) is 17.6 Å². The van der Waals surface area contributed by atoms with Crippen molar-refractivity contribution in [1.82, 2.24) is 5.32 Å². The van der Waals surface area contributed by atoms with Crippen molar-refractivity contribution in [2.45, 2.75) is 119 Å². The molecule has 1 fully saturated rings. The van der Waals surface area contributed by atoms with Crippen LogP contribution in [-0.4, -0.2) is 30.4 Å². The third-order valence-electron chi connectivity index (χ3n) is 8.15. The van der Waals surface area contributed by atoms with Crippen LogP contribution in [0.15, 0.2) is 66.4 Å². The Morgan fingerprint density at radius 1 is 1.04 bits per heavy atom. The molecule has 3 rings (SSSR count). The fraction of sp³-hybridized carbons (Fsp3) is 0.475. The van der Waals surface area contributed by atoms with Crippen LogP contribution in [0, 0.1) is 16.7 Å². The summed E-state index contributed by atoms with van der Waals surface area (Å²) < 4.78 is 53.2. The van der Waals surface area contributed by atoms with Crippen LogP contribution in [0.25, 0.3) is 5.70 Å². The van der Waals surface area contributed by atoms with Crippen molar-refractivity contribution in [3.63, 3.8) is 0 Å². The fourth-order valence-electron chi connectivity index (χ4n) is 5.23. The highest BCUT2D eigenvalue weighted by Gasteiger charge is 2.40. The number of nitrogens with one attached hydrogen (secondary N) is 2. The van der Waals surface area contributed by atoms with E-state index < -0.39 is 23.4 Å². The second-order valence-electron chi connectivity index (χ2n) is 11.6. The molecule has 0 aromatic heterocycles. The van der Waals surface area contributed by atoms with Crippen LogP contribution in [0.3, 0.4) is 0 Å². The number of carbonyl (C=O) groups excluding carboxylic acids is 1. The average Bonchev–Trinajstić information content (AvgIpc) is 3.42. The first kappa shape index (κ1) is 43.5. The number of nitriles is 1. The normalized spacial score (nSPS) is 15.7. The largest absolute Gasteiger partial charge is 0.493 e. The highest BCUT2D eigenvalue weighted by molar-refractivity contribution is 6.08. The zero-order valence-electron chi connectivity index (χ0n) is 31.2. The number of amides is 1. The van der Waals surface area contributed by atoms with Crippen LogP contribution in [-0.2, 0) is 11.0 Å². The molecule has 10 heteroatoms. The lowest BCUT2D eigenvalue weighted by Crippen LogP contribution is -2.37. The van der Waals surface area contributed by atoms with Gasteiger partial charge in [-0.15, -0.1) is 0 Å². The molecule has 1 amide bonds. The Labute approximate surface area is 297 Å². The van der Waals surface area contributed by atoms with Gasteiger partial charge in [-0.2, -0.15) is 18.4 Å². The summed E-state index contributed by atoms with van der Waals surface area (Å²) in [5.74, 6) is 0.571. The van der Waals surface area contributed by atoms with E-state index in [2.05, 4.69) is 32.3 Å². The van der Waals surface area contributed by atoms with E-state index in [1.165, 1.54) is 25.0 Å². The Morgan fingerprint density at radius 3 is 2.20 bits per heavy atom. The van der Waals surface area contributed by atoms with Crippen LogP contribution in [0.1, 0.15) is 118 Å². The van der Waals surface area contributed by atoms with Crippen LogP contribution in [0.5, 0.6) is 11.5 Å². The number of nitrogens with zero attached hydrogens (tertiary/aromatic N) is 2. The molecule has 2 unspecified atom stereocenters. The van der Waals surface area contributed by atoms with Crippen molar-refractivity contribution in [3.05, 3.63) is 83.1 Å². The lowest BCUT2D eigenvalue weighted by Gasteiger charge is -2.30. The zero-order chi connectivity index (χ0) is 38.2. The van der Waals surface area contributed by atoms with Crippen LogP contribution >= 0.6 is 0 Å². The Kier molecular flexibility index (Phi) is 18.2. The Balaban J connectivity index is 0.00000194. The monoisotopic (exact) mass is 696 g/mol. The van der Waals surface area contributed by atoms with E-state index in [0.29, 0.717) is 71.2 Å². The van der Waals surface area contributed by atoms with Gasteiger partial charge in [0.25, 0.3) is 5.91 Å². The second-order valence-corrected chi connectivity index (χ2v) is 11.6. The SMILES string of the molecule is C=C(NC(=O)/C(C)=C(\C)C(=N)CCC)c1cc(OC2CC(=C)N(c3ccc(C#N)c(C(F)(F)F)c3)C2CC)ccc1OCC.CC.CCCC. The van der Waals surface area contributed by atoms with Gasteiger partial charge in [0, 0.05) is 40.4 Å². The summed E-state index contributed by atoms with van der Waals surface area (Å²) in [6.45, 7) is 26.0. The molecule has 1 heterocycles. The number of alkyl halides is 3. The first-order valence-electron chi connectivity index (χ1n) is 17.5. The molecule has 7 nitrogen and oxygen atoms in total. The number of allylic oxidation sites excluding steroid dienone is 1. The van der Waals surface area contributed by atoms with Crippen molar-refractivity contribution in [1.29, 1.82) is 10.7 Å². The predicted molar refractivity (Wildman–Crippen MR) is 199 cm³/mol. The lowest BCUT2D eigenvalue weighted by atomic mass is 10.0. The van der Waals surface area contributed by atoms with Crippen molar-refractivity contribution in [3.8, 4) is 17.6 Å². The topological polar surface area (TPSA) is 98.4 Å². The van der Waals surface area contributed by atoms with Crippen molar-refractivity contribution >= 4 is 23.0 Å². The lowest BCUT2D eigenvalue weighted by molar-refractivity contribution is -0.137. The fourth-order valence-corrected chi connectivity index (χ4v) is 5.23. The molecule has 2 N–H and O–H groups in total. The molecule has 1 aliphatic heterocycles. The number of benzene rings is 2. The highest BCUT2D eigenvalue weighted by Crippen LogP contribution is 2.41. The van der Waals surface area contributed by atoms with Crippen molar-refractivity contribution in [2.75, 3.05) is 11.5 Å². The summed E-state index contributed by atoms with van der Waals surface area (Å²) in [4.78, 5) is 14.8. The molecule has 0 radical (unpaired) electrons. The van der Waals surface area contributed by atoms with E-state index in [9.17, 15) is 23.2 Å². The molecule has 0 spiro atoms. The summed E-state index contributed by atoms with van der Waals surface area (Å²) in [6.07, 6.45) is -0.189. The molecule has 274 valence electrons. The van der Waals surface area contributed by atoms with Gasteiger partial charge >= 0.3 is 6.18 Å². The maximum Gasteiger partial charge on any atom is 0.417 e.